The molecular weight excluding hydrogens is 496 g/mol. The molecule has 0 radical (unpaired) electrons. The van der Waals surface area contributed by atoms with E-state index in [-0.39, 0.29) is 13.0 Å². The summed E-state index contributed by atoms with van der Waals surface area (Å²) >= 11 is 0. The van der Waals surface area contributed by atoms with Crippen molar-refractivity contribution in [3.05, 3.63) is 65.7 Å². The molecule has 38 heavy (non-hydrogen) atoms. The van der Waals surface area contributed by atoms with Crippen LogP contribution >= 0.6 is 0 Å². The number of carbonyl (C=O) groups is 4. The van der Waals surface area contributed by atoms with Crippen molar-refractivity contribution in [1.29, 1.82) is 0 Å². The van der Waals surface area contributed by atoms with E-state index in [1.165, 1.54) is 14.2 Å². The van der Waals surface area contributed by atoms with Crippen molar-refractivity contribution in [3.8, 4) is 5.75 Å². The number of hydrogen-bond donors (Lipinski definition) is 2. The molecule has 11 nitrogen and oxygen atoms in total. The van der Waals surface area contributed by atoms with Crippen molar-refractivity contribution < 1.29 is 43.2 Å². The largest absolute Gasteiger partial charge is 0.497 e. The fourth-order valence-corrected chi connectivity index (χ4v) is 3.20. The quantitative estimate of drug-likeness (QED) is 0.330. The lowest BCUT2D eigenvalue weighted by Gasteiger charge is -2.27. The molecule has 0 aromatic heterocycles. The molecule has 0 spiro atoms. The second-order valence-electron chi connectivity index (χ2n) is 9.39. The molecule has 206 valence electrons. The number of aliphatic carboxylic acids is 1. The molecule has 2 N–H and O–H groups in total. The van der Waals surface area contributed by atoms with Crippen LogP contribution in [0.15, 0.2) is 54.6 Å². The standard InChI is InChI=1S/C27H34N2O9/c1-27(2,3)38-25(33)28-21(23(30)31)17-36-24(32)22(15-18-11-13-20(35-5)14-12-18)29(4)26(34)37-16-19-9-7-6-8-10-19/h6-14,21-22H,15-17H2,1-5H3,(H,28,33)(H,30,31)/t21-,22-/m0/s1. The number of carboxylic acids is 1. The van der Waals surface area contributed by atoms with Gasteiger partial charge in [-0.2, -0.15) is 0 Å². The van der Waals surface area contributed by atoms with E-state index in [4.69, 9.17) is 18.9 Å². The van der Waals surface area contributed by atoms with Gasteiger partial charge in [0.2, 0.25) is 0 Å². The van der Waals surface area contributed by atoms with Crippen molar-refractivity contribution >= 4 is 24.1 Å². The third-order valence-corrected chi connectivity index (χ3v) is 5.20. The Balaban J connectivity index is 2.13. The maximum Gasteiger partial charge on any atom is 0.410 e. The molecule has 2 aromatic rings. The van der Waals surface area contributed by atoms with E-state index in [0.717, 1.165) is 10.5 Å². The number of ether oxygens (including phenoxy) is 4. The number of amides is 2. The number of hydrogen-bond acceptors (Lipinski definition) is 8. The number of benzene rings is 2. The fourth-order valence-electron chi connectivity index (χ4n) is 3.20. The van der Waals surface area contributed by atoms with E-state index >= 15 is 0 Å². The Morgan fingerprint density at radius 1 is 0.947 bits per heavy atom. The maximum absolute atomic E-state index is 13.1. The van der Waals surface area contributed by atoms with Gasteiger partial charge >= 0.3 is 24.1 Å². The zero-order valence-electron chi connectivity index (χ0n) is 22.1. The third kappa shape index (κ3) is 10.00. The van der Waals surface area contributed by atoms with Crippen LogP contribution in [0.2, 0.25) is 0 Å². The summed E-state index contributed by atoms with van der Waals surface area (Å²) in [6.07, 6.45) is -1.69. The van der Waals surface area contributed by atoms with Gasteiger partial charge in [0.15, 0.2) is 6.04 Å². The van der Waals surface area contributed by atoms with Gasteiger partial charge in [0.25, 0.3) is 0 Å². The van der Waals surface area contributed by atoms with Crippen LogP contribution < -0.4 is 10.1 Å². The summed E-state index contributed by atoms with van der Waals surface area (Å²) in [6.45, 7) is 4.19. The van der Waals surface area contributed by atoms with Crippen molar-refractivity contribution in [2.75, 3.05) is 20.8 Å². The molecule has 0 unspecified atom stereocenters. The number of rotatable bonds is 11. The first-order valence-corrected chi connectivity index (χ1v) is 11.8. The fraction of sp³-hybridized carbons (Fsp3) is 0.407. The van der Waals surface area contributed by atoms with Gasteiger partial charge in [0.1, 0.15) is 30.6 Å². The zero-order valence-corrected chi connectivity index (χ0v) is 22.1. The van der Waals surface area contributed by atoms with E-state index in [1.807, 2.05) is 6.07 Å². The van der Waals surface area contributed by atoms with Crippen molar-refractivity contribution in [2.45, 2.75) is 51.5 Å². The highest BCUT2D eigenvalue weighted by molar-refractivity contribution is 5.83. The van der Waals surface area contributed by atoms with Crippen LogP contribution in [-0.4, -0.2) is 72.6 Å². The minimum absolute atomic E-state index is 0.00475. The molecule has 2 rings (SSSR count). The average molecular weight is 531 g/mol. The Morgan fingerprint density at radius 2 is 1.58 bits per heavy atom. The van der Waals surface area contributed by atoms with Crippen LogP contribution in [0.5, 0.6) is 5.75 Å². The highest BCUT2D eigenvalue weighted by Crippen LogP contribution is 2.16. The molecule has 0 saturated carbocycles. The summed E-state index contributed by atoms with van der Waals surface area (Å²) in [4.78, 5) is 50.6. The minimum Gasteiger partial charge on any atom is -0.497 e. The van der Waals surface area contributed by atoms with Crippen molar-refractivity contribution in [1.82, 2.24) is 10.2 Å². The molecule has 0 aliphatic carbocycles. The molecule has 0 heterocycles. The number of esters is 1. The van der Waals surface area contributed by atoms with Gasteiger partial charge in [0, 0.05) is 13.5 Å². The monoisotopic (exact) mass is 530 g/mol. The van der Waals surface area contributed by atoms with E-state index in [9.17, 15) is 24.3 Å². The number of alkyl carbamates (subject to hydrolysis) is 1. The second-order valence-corrected chi connectivity index (χ2v) is 9.39. The van der Waals surface area contributed by atoms with Gasteiger partial charge in [0.05, 0.1) is 7.11 Å². The first kappa shape index (κ1) is 29.9. The predicted octanol–water partition coefficient (Wildman–Crippen LogP) is 3.40. The number of carbonyl (C=O) groups excluding carboxylic acids is 3. The van der Waals surface area contributed by atoms with Gasteiger partial charge in [-0.3, -0.25) is 4.90 Å². The maximum atomic E-state index is 13.1. The Labute approximate surface area is 221 Å². The molecule has 0 aliphatic heterocycles. The molecule has 2 aromatic carbocycles. The van der Waals surface area contributed by atoms with Gasteiger partial charge in [-0.1, -0.05) is 42.5 Å². The van der Waals surface area contributed by atoms with E-state index in [1.54, 1.807) is 69.3 Å². The molecule has 2 atom stereocenters. The van der Waals surface area contributed by atoms with Crippen LogP contribution in [0.25, 0.3) is 0 Å². The Morgan fingerprint density at radius 3 is 2.13 bits per heavy atom. The number of nitrogens with one attached hydrogen (secondary N) is 1. The molecule has 0 bridgehead atoms. The Kier molecular flexibility index (Phi) is 10.9. The van der Waals surface area contributed by atoms with Crippen LogP contribution in [0.4, 0.5) is 9.59 Å². The van der Waals surface area contributed by atoms with E-state index in [2.05, 4.69) is 5.32 Å². The second kappa shape index (κ2) is 13.9. The predicted molar refractivity (Wildman–Crippen MR) is 137 cm³/mol. The highest BCUT2D eigenvalue weighted by Gasteiger charge is 2.32. The molecule has 11 heteroatoms. The first-order chi connectivity index (χ1) is 17.9. The molecule has 0 fully saturated rings. The lowest BCUT2D eigenvalue weighted by molar-refractivity contribution is -0.152. The van der Waals surface area contributed by atoms with Crippen LogP contribution in [-0.2, 0) is 36.8 Å². The smallest absolute Gasteiger partial charge is 0.410 e. The zero-order chi connectivity index (χ0) is 28.3. The summed E-state index contributed by atoms with van der Waals surface area (Å²) in [5.41, 5.74) is 0.606. The molecular formula is C27H34N2O9. The third-order valence-electron chi connectivity index (χ3n) is 5.20. The Bertz CT molecular complexity index is 1080. The van der Waals surface area contributed by atoms with E-state index in [0.29, 0.717) is 11.3 Å². The summed E-state index contributed by atoms with van der Waals surface area (Å²) in [5.74, 6) is -1.69. The molecule has 2 amide bonds. The van der Waals surface area contributed by atoms with Crippen LogP contribution in [0.3, 0.4) is 0 Å². The first-order valence-electron chi connectivity index (χ1n) is 11.8. The average Bonchev–Trinajstić information content (AvgIpc) is 2.87. The van der Waals surface area contributed by atoms with Crippen molar-refractivity contribution in [3.63, 3.8) is 0 Å². The number of carboxylic acid groups (broad SMARTS) is 1. The minimum atomic E-state index is -1.56. The van der Waals surface area contributed by atoms with Crippen LogP contribution in [0.1, 0.15) is 31.9 Å². The molecule has 0 aliphatic rings. The summed E-state index contributed by atoms with van der Waals surface area (Å²) in [5, 5.41) is 11.6. The topological polar surface area (TPSA) is 141 Å². The van der Waals surface area contributed by atoms with Crippen LogP contribution in [0, 0.1) is 0 Å². The lowest BCUT2D eigenvalue weighted by Crippen LogP contribution is -2.49. The van der Waals surface area contributed by atoms with Crippen molar-refractivity contribution in [2.24, 2.45) is 0 Å². The SMILES string of the molecule is COc1ccc(C[C@@H](C(=O)OC[C@H](NC(=O)OC(C)(C)C)C(=O)O)N(C)C(=O)OCc2ccccc2)cc1. The van der Waals surface area contributed by atoms with Gasteiger partial charge in [-0.05, 0) is 44.0 Å². The Hall–Kier alpha value is -4.28. The number of nitrogens with zero attached hydrogens (tertiary/aromatic N) is 1. The van der Waals surface area contributed by atoms with Gasteiger partial charge in [-0.25, -0.2) is 19.2 Å². The van der Waals surface area contributed by atoms with Gasteiger partial charge in [-0.15, -0.1) is 0 Å². The summed E-state index contributed by atoms with van der Waals surface area (Å²) < 4.78 is 20.8. The van der Waals surface area contributed by atoms with E-state index < -0.39 is 48.4 Å². The lowest BCUT2D eigenvalue weighted by atomic mass is 10.0. The summed E-state index contributed by atoms with van der Waals surface area (Å²) in [6, 6.07) is 13.2. The highest BCUT2D eigenvalue weighted by atomic mass is 16.6. The summed E-state index contributed by atoms with van der Waals surface area (Å²) in [7, 11) is 2.91. The van der Waals surface area contributed by atoms with Gasteiger partial charge < -0.3 is 29.4 Å². The molecule has 0 saturated heterocycles. The normalized spacial score (nSPS) is 12.4. The number of methoxy groups -OCH3 is 1. The number of likely N-dealkylation sites (N-methyl/N-ethyl adjacent to an activating group) is 1.